The molecule has 0 bridgehead atoms. The molecule has 0 fully saturated rings. The van der Waals surface area contributed by atoms with Crippen LogP contribution >= 0.6 is 0 Å². The van der Waals surface area contributed by atoms with Crippen LogP contribution in [-0.2, 0) is 0 Å². The molecule has 0 spiro atoms. The number of aromatic nitrogens is 1. The molecule has 0 aliphatic rings. The summed E-state index contributed by atoms with van der Waals surface area (Å²) in [6, 6.07) is 8.38. The summed E-state index contributed by atoms with van der Waals surface area (Å²) in [6.45, 7) is 0.0468. The molecule has 104 valence electrons. The van der Waals surface area contributed by atoms with Crippen molar-refractivity contribution < 1.29 is 14.3 Å². The summed E-state index contributed by atoms with van der Waals surface area (Å²) in [4.78, 5) is 15.4. The molecule has 0 radical (unpaired) electrons. The molecule has 2 rings (SSSR count). The van der Waals surface area contributed by atoms with Gasteiger partial charge in [-0.15, -0.1) is 0 Å². The van der Waals surface area contributed by atoms with Crippen LogP contribution in [0.4, 0.5) is 14.9 Å². The molecule has 0 aliphatic heterocycles. The Balaban J connectivity index is 1.83. The molecule has 1 aromatic heterocycles. The molecule has 0 unspecified atom stereocenters. The molecule has 0 saturated heterocycles. The van der Waals surface area contributed by atoms with Crippen LogP contribution in [0.15, 0.2) is 48.8 Å². The van der Waals surface area contributed by atoms with E-state index in [2.05, 4.69) is 15.6 Å². The van der Waals surface area contributed by atoms with Crippen LogP contribution < -0.4 is 10.6 Å². The Labute approximate surface area is 115 Å². The molecule has 1 atom stereocenters. The van der Waals surface area contributed by atoms with Gasteiger partial charge in [0.1, 0.15) is 5.82 Å². The lowest BCUT2D eigenvalue weighted by molar-refractivity contribution is 0.175. The maximum atomic E-state index is 12.9. The zero-order valence-electron chi connectivity index (χ0n) is 10.6. The third-order valence-corrected chi connectivity index (χ3v) is 2.63. The van der Waals surface area contributed by atoms with Crippen LogP contribution in [-0.4, -0.2) is 22.7 Å². The van der Waals surface area contributed by atoms with Gasteiger partial charge in [-0.05, 0) is 35.9 Å². The zero-order valence-corrected chi connectivity index (χ0v) is 10.6. The van der Waals surface area contributed by atoms with Crippen LogP contribution in [0, 0.1) is 5.82 Å². The molecular formula is C14H14FN3O2. The Morgan fingerprint density at radius 2 is 2.05 bits per heavy atom. The summed E-state index contributed by atoms with van der Waals surface area (Å²) in [5.41, 5.74) is 1.01. The van der Waals surface area contributed by atoms with Crippen molar-refractivity contribution in [3.8, 4) is 0 Å². The van der Waals surface area contributed by atoms with Gasteiger partial charge in [0.2, 0.25) is 0 Å². The Bertz CT molecular complexity index is 578. The summed E-state index contributed by atoms with van der Waals surface area (Å²) in [6.07, 6.45) is 2.30. The highest BCUT2D eigenvalue weighted by molar-refractivity contribution is 5.89. The zero-order chi connectivity index (χ0) is 14.4. The summed E-state index contributed by atoms with van der Waals surface area (Å²) in [5.74, 6) is -0.431. The number of carbonyl (C=O) groups is 1. The van der Waals surface area contributed by atoms with E-state index in [9.17, 15) is 14.3 Å². The molecular weight excluding hydrogens is 261 g/mol. The van der Waals surface area contributed by atoms with E-state index in [-0.39, 0.29) is 6.54 Å². The number of nitrogens with one attached hydrogen (secondary N) is 2. The highest BCUT2D eigenvalue weighted by Crippen LogP contribution is 2.11. The van der Waals surface area contributed by atoms with E-state index in [4.69, 9.17) is 0 Å². The van der Waals surface area contributed by atoms with Gasteiger partial charge in [-0.1, -0.05) is 6.07 Å². The molecule has 6 heteroatoms. The van der Waals surface area contributed by atoms with Crippen molar-refractivity contribution in [1.29, 1.82) is 0 Å². The minimum Gasteiger partial charge on any atom is -0.387 e. The second-order valence-corrected chi connectivity index (χ2v) is 4.14. The van der Waals surface area contributed by atoms with Gasteiger partial charge in [-0.2, -0.15) is 0 Å². The molecule has 20 heavy (non-hydrogen) atoms. The van der Waals surface area contributed by atoms with Crippen LogP contribution in [0.2, 0.25) is 0 Å². The molecule has 0 aliphatic carbocycles. The third-order valence-electron chi connectivity index (χ3n) is 2.63. The quantitative estimate of drug-likeness (QED) is 0.799. The van der Waals surface area contributed by atoms with E-state index in [1.807, 2.05) is 0 Å². The topological polar surface area (TPSA) is 74.2 Å². The van der Waals surface area contributed by atoms with Gasteiger partial charge in [-0.25, -0.2) is 9.18 Å². The van der Waals surface area contributed by atoms with Crippen molar-refractivity contribution in [2.24, 2.45) is 0 Å². The lowest BCUT2D eigenvalue weighted by Gasteiger charge is -2.12. The van der Waals surface area contributed by atoms with Crippen molar-refractivity contribution >= 4 is 11.7 Å². The number of anilines is 1. The summed E-state index contributed by atoms with van der Waals surface area (Å²) < 4.78 is 12.9. The number of aliphatic hydroxyl groups excluding tert-OH is 1. The van der Waals surface area contributed by atoms with Crippen LogP contribution in [0.5, 0.6) is 0 Å². The average Bonchev–Trinajstić information content (AvgIpc) is 2.46. The smallest absolute Gasteiger partial charge is 0.319 e. The molecule has 3 N–H and O–H groups in total. The maximum absolute atomic E-state index is 12.9. The standard InChI is InChI=1S/C14H14FN3O2/c15-11-2-1-3-12(8-11)18-14(20)17-9-13(19)10-4-6-16-7-5-10/h1-8,13,19H,9H2,(H2,17,18,20)/t13-/m0/s1. The molecule has 5 nitrogen and oxygen atoms in total. The molecule has 2 amide bonds. The average molecular weight is 275 g/mol. The van der Waals surface area contributed by atoms with Gasteiger partial charge < -0.3 is 15.7 Å². The van der Waals surface area contributed by atoms with E-state index < -0.39 is 18.0 Å². The minimum absolute atomic E-state index is 0.0468. The second kappa shape index (κ2) is 6.63. The first kappa shape index (κ1) is 14.0. The van der Waals surface area contributed by atoms with Crippen molar-refractivity contribution in [3.63, 3.8) is 0 Å². The van der Waals surface area contributed by atoms with E-state index in [0.29, 0.717) is 11.3 Å². The molecule has 1 heterocycles. The highest BCUT2D eigenvalue weighted by atomic mass is 19.1. The number of aliphatic hydroxyl groups is 1. The largest absolute Gasteiger partial charge is 0.387 e. The number of urea groups is 1. The summed E-state index contributed by atoms with van der Waals surface area (Å²) >= 11 is 0. The first-order valence-electron chi connectivity index (χ1n) is 6.03. The lowest BCUT2D eigenvalue weighted by atomic mass is 10.1. The van der Waals surface area contributed by atoms with Crippen molar-refractivity contribution in [3.05, 3.63) is 60.2 Å². The minimum atomic E-state index is -0.823. The van der Waals surface area contributed by atoms with E-state index in [1.54, 1.807) is 30.6 Å². The summed E-state index contributed by atoms with van der Waals surface area (Å²) in [5, 5.41) is 14.8. The number of hydrogen-bond acceptors (Lipinski definition) is 3. The van der Waals surface area contributed by atoms with Crippen molar-refractivity contribution in [2.75, 3.05) is 11.9 Å². The Hall–Kier alpha value is -2.47. The molecule has 0 saturated carbocycles. The predicted molar refractivity (Wildman–Crippen MR) is 72.6 cm³/mol. The van der Waals surface area contributed by atoms with Gasteiger partial charge in [-0.3, -0.25) is 4.98 Å². The summed E-state index contributed by atoms with van der Waals surface area (Å²) in [7, 11) is 0. The second-order valence-electron chi connectivity index (χ2n) is 4.14. The maximum Gasteiger partial charge on any atom is 0.319 e. The monoisotopic (exact) mass is 275 g/mol. The van der Waals surface area contributed by atoms with Crippen LogP contribution in [0.25, 0.3) is 0 Å². The van der Waals surface area contributed by atoms with Crippen molar-refractivity contribution in [2.45, 2.75) is 6.10 Å². The van der Waals surface area contributed by atoms with Gasteiger partial charge in [0.15, 0.2) is 0 Å². The number of nitrogens with zero attached hydrogens (tertiary/aromatic N) is 1. The number of pyridine rings is 1. The number of carbonyl (C=O) groups excluding carboxylic acids is 1. The normalized spacial score (nSPS) is 11.7. The fourth-order valence-electron chi connectivity index (χ4n) is 1.63. The number of amides is 2. The van der Waals surface area contributed by atoms with Crippen LogP contribution in [0.1, 0.15) is 11.7 Å². The Morgan fingerprint density at radius 1 is 1.30 bits per heavy atom. The highest BCUT2D eigenvalue weighted by Gasteiger charge is 2.09. The van der Waals surface area contributed by atoms with E-state index in [1.165, 1.54) is 18.2 Å². The number of benzene rings is 1. The first-order chi connectivity index (χ1) is 9.65. The predicted octanol–water partition coefficient (Wildman–Crippen LogP) is 2.08. The van der Waals surface area contributed by atoms with Gasteiger partial charge >= 0.3 is 6.03 Å². The molecule has 1 aromatic carbocycles. The third kappa shape index (κ3) is 4.03. The van der Waals surface area contributed by atoms with Gasteiger partial charge in [0, 0.05) is 24.6 Å². The Morgan fingerprint density at radius 3 is 2.75 bits per heavy atom. The fourth-order valence-corrected chi connectivity index (χ4v) is 1.63. The van der Waals surface area contributed by atoms with Crippen molar-refractivity contribution in [1.82, 2.24) is 10.3 Å². The first-order valence-corrected chi connectivity index (χ1v) is 6.03. The van der Waals surface area contributed by atoms with E-state index in [0.717, 1.165) is 0 Å². The van der Waals surface area contributed by atoms with Gasteiger partial charge in [0.05, 0.1) is 6.10 Å². The van der Waals surface area contributed by atoms with Crippen LogP contribution in [0.3, 0.4) is 0 Å². The van der Waals surface area contributed by atoms with E-state index >= 15 is 0 Å². The molecule has 2 aromatic rings. The van der Waals surface area contributed by atoms with Gasteiger partial charge in [0.25, 0.3) is 0 Å². The SMILES string of the molecule is O=C(NC[C@H](O)c1ccncc1)Nc1cccc(F)c1. The number of hydrogen-bond donors (Lipinski definition) is 3. The number of rotatable bonds is 4. The lowest BCUT2D eigenvalue weighted by Crippen LogP contribution is -2.32. The Kier molecular flexibility index (Phi) is 4.62. The fraction of sp³-hybridized carbons (Fsp3) is 0.143. The number of halogens is 1.